The minimum atomic E-state index is -0.860. The van der Waals surface area contributed by atoms with Gasteiger partial charge >= 0.3 is 6.09 Å². The monoisotopic (exact) mass is 403 g/mol. The molecular weight excluding hydrogens is 386 g/mol. The van der Waals surface area contributed by atoms with Gasteiger partial charge in [-0.1, -0.05) is 6.07 Å². The second kappa shape index (κ2) is 8.17. The molecule has 0 spiro atoms. The number of imide groups is 1. The van der Waals surface area contributed by atoms with Gasteiger partial charge in [0.25, 0.3) is 17.5 Å². The lowest BCUT2D eigenvalue weighted by atomic mass is 10.1. The number of ether oxygens (including phenoxy) is 1. The fourth-order valence-corrected chi connectivity index (χ4v) is 4.27. The Labute approximate surface area is 163 Å². The lowest BCUT2D eigenvalue weighted by Crippen LogP contribution is -2.32. The van der Waals surface area contributed by atoms with Gasteiger partial charge in [-0.2, -0.15) is 0 Å². The van der Waals surface area contributed by atoms with Gasteiger partial charge in [-0.3, -0.25) is 25.0 Å². The maximum Gasteiger partial charge on any atom is 0.414 e. The average Bonchev–Trinajstić information content (AvgIpc) is 3.22. The van der Waals surface area contributed by atoms with E-state index in [9.17, 15) is 24.5 Å². The first kappa shape index (κ1) is 19.5. The molecule has 0 saturated carbocycles. The molecule has 3 amide bonds. The van der Waals surface area contributed by atoms with Crippen molar-refractivity contribution < 1.29 is 24.0 Å². The molecule has 28 heavy (non-hydrogen) atoms. The third kappa shape index (κ3) is 4.01. The molecular formula is C18H17N3O6S. The van der Waals surface area contributed by atoms with Crippen molar-refractivity contribution in [3.05, 3.63) is 55.9 Å². The van der Waals surface area contributed by atoms with Crippen molar-refractivity contribution in [3.63, 3.8) is 0 Å². The van der Waals surface area contributed by atoms with Crippen LogP contribution >= 0.6 is 11.3 Å². The number of carbonyl (C=O) groups excluding carboxylic acids is 3. The molecule has 0 radical (unpaired) electrons. The van der Waals surface area contributed by atoms with Gasteiger partial charge in [0, 0.05) is 22.6 Å². The van der Waals surface area contributed by atoms with Crippen molar-refractivity contribution in [2.75, 3.05) is 11.9 Å². The summed E-state index contributed by atoms with van der Waals surface area (Å²) in [6, 6.07) is 5.31. The van der Waals surface area contributed by atoms with Gasteiger partial charge in [0.05, 0.1) is 17.1 Å². The highest BCUT2D eigenvalue weighted by atomic mass is 32.1. The zero-order valence-electron chi connectivity index (χ0n) is 14.9. The number of aryl methyl sites for hydroxylation is 1. The molecule has 0 fully saturated rings. The summed E-state index contributed by atoms with van der Waals surface area (Å²) in [6.07, 6.45) is 1.48. The van der Waals surface area contributed by atoms with E-state index in [-0.39, 0.29) is 23.4 Å². The van der Waals surface area contributed by atoms with Crippen molar-refractivity contribution in [2.24, 2.45) is 0 Å². The molecule has 2 aromatic rings. The van der Waals surface area contributed by atoms with Crippen LogP contribution in [0.3, 0.4) is 0 Å². The standard InChI is InChI=1S/C18H17N3O6S/c1-2-27-18(24)20-16(23)14-12-7-4-8-13(12)28-17(14)19-15(22)10-5-3-6-11(9-10)21(25)26/h3,5-6,9H,2,4,7-8H2,1H3,(H,19,22)(H,20,23,24). The second-order valence-corrected chi connectivity index (χ2v) is 7.10. The molecule has 146 valence electrons. The van der Waals surface area contributed by atoms with Crippen LogP contribution in [0.2, 0.25) is 0 Å². The highest BCUT2D eigenvalue weighted by Gasteiger charge is 2.29. The topological polar surface area (TPSA) is 128 Å². The molecule has 1 aliphatic rings. The zero-order valence-corrected chi connectivity index (χ0v) is 15.8. The Morgan fingerprint density at radius 1 is 1.25 bits per heavy atom. The number of hydrogen-bond acceptors (Lipinski definition) is 7. The lowest BCUT2D eigenvalue weighted by Gasteiger charge is -2.09. The number of hydrogen-bond donors (Lipinski definition) is 2. The molecule has 10 heteroatoms. The molecule has 1 aromatic heterocycles. The van der Waals surface area contributed by atoms with E-state index in [1.807, 2.05) is 0 Å². The van der Waals surface area contributed by atoms with Crippen LogP contribution in [0.4, 0.5) is 15.5 Å². The molecule has 1 aliphatic carbocycles. The third-order valence-corrected chi connectivity index (χ3v) is 5.39. The number of nitro benzene ring substituents is 1. The predicted octanol–water partition coefficient (Wildman–Crippen LogP) is 3.28. The van der Waals surface area contributed by atoms with E-state index in [2.05, 4.69) is 10.6 Å². The Morgan fingerprint density at radius 3 is 2.75 bits per heavy atom. The van der Waals surface area contributed by atoms with Crippen molar-refractivity contribution >= 4 is 39.9 Å². The van der Waals surface area contributed by atoms with Gasteiger partial charge in [-0.05, 0) is 37.8 Å². The second-order valence-electron chi connectivity index (χ2n) is 6.00. The molecule has 2 N–H and O–H groups in total. The SMILES string of the molecule is CCOC(=O)NC(=O)c1c(NC(=O)c2cccc([N+](=O)[O-])c2)sc2c1CCC2. The van der Waals surface area contributed by atoms with Gasteiger partial charge < -0.3 is 10.1 Å². The fourth-order valence-electron chi connectivity index (χ4n) is 2.99. The molecule has 1 aromatic carbocycles. The van der Waals surface area contributed by atoms with E-state index < -0.39 is 22.8 Å². The molecule has 0 saturated heterocycles. The summed E-state index contributed by atoms with van der Waals surface area (Å²) in [5.74, 6) is -1.22. The molecule has 9 nitrogen and oxygen atoms in total. The first-order chi connectivity index (χ1) is 13.4. The summed E-state index contributed by atoms with van der Waals surface area (Å²) >= 11 is 1.27. The number of fused-ring (bicyclic) bond motifs is 1. The van der Waals surface area contributed by atoms with Gasteiger partial charge in [0.15, 0.2) is 0 Å². The van der Waals surface area contributed by atoms with E-state index in [0.29, 0.717) is 11.4 Å². The smallest absolute Gasteiger partial charge is 0.414 e. The lowest BCUT2D eigenvalue weighted by molar-refractivity contribution is -0.384. The van der Waals surface area contributed by atoms with Crippen LogP contribution < -0.4 is 10.6 Å². The van der Waals surface area contributed by atoms with E-state index >= 15 is 0 Å². The van der Waals surface area contributed by atoms with Crippen LogP contribution in [-0.4, -0.2) is 29.4 Å². The average molecular weight is 403 g/mol. The van der Waals surface area contributed by atoms with Gasteiger partial charge in [-0.15, -0.1) is 11.3 Å². The highest BCUT2D eigenvalue weighted by molar-refractivity contribution is 7.17. The van der Waals surface area contributed by atoms with Crippen molar-refractivity contribution in [1.29, 1.82) is 0 Å². The Bertz CT molecular complexity index is 968. The number of nitrogens with one attached hydrogen (secondary N) is 2. The van der Waals surface area contributed by atoms with Gasteiger partial charge in [0.2, 0.25) is 0 Å². The molecule has 0 bridgehead atoms. The predicted molar refractivity (Wildman–Crippen MR) is 102 cm³/mol. The normalized spacial score (nSPS) is 12.2. The van der Waals surface area contributed by atoms with E-state index in [1.54, 1.807) is 6.92 Å². The number of thiophene rings is 1. The number of benzene rings is 1. The number of carbonyl (C=O) groups is 3. The number of nitro groups is 1. The van der Waals surface area contributed by atoms with Gasteiger partial charge in [0.1, 0.15) is 5.00 Å². The van der Waals surface area contributed by atoms with Crippen LogP contribution in [0.15, 0.2) is 24.3 Å². The maximum absolute atomic E-state index is 12.6. The molecule has 0 aliphatic heterocycles. The summed E-state index contributed by atoms with van der Waals surface area (Å²) in [5.41, 5.74) is 0.937. The quantitative estimate of drug-likeness (QED) is 0.582. The number of anilines is 1. The Morgan fingerprint density at radius 2 is 2.04 bits per heavy atom. The summed E-state index contributed by atoms with van der Waals surface area (Å²) < 4.78 is 4.74. The first-order valence-electron chi connectivity index (χ1n) is 8.59. The Kier molecular flexibility index (Phi) is 5.69. The Hall–Kier alpha value is -3.27. The minimum Gasteiger partial charge on any atom is -0.450 e. The number of amides is 3. The molecule has 1 heterocycles. The van der Waals surface area contributed by atoms with Crippen molar-refractivity contribution in [2.45, 2.75) is 26.2 Å². The van der Waals surface area contributed by atoms with Gasteiger partial charge in [-0.25, -0.2) is 4.79 Å². The summed E-state index contributed by atoms with van der Waals surface area (Å²) in [6.45, 7) is 1.74. The largest absolute Gasteiger partial charge is 0.450 e. The number of alkyl carbamates (subject to hydrolysis) is 1. The summed E-state index contributed by atoms with van der Waals surface area (Å²) in [5, 5.41) is 16.0. The van der Waals surface area contributed by atoms with Crippen LogP contribution in [0.5, 0.6) is 0 Å². The fraction of sp³-hybridized carbons (Fsp3) is 0.278. The minimum absolute atomic E-state index is 0.0968. The number of nitrogens with zero attached hydrogens (tertiary/aromatic N) is 1. The third-order valence-electron chi connectivity index (χ3n) is 4.19. The highest BCUT2D eigenvalue weighted by Crippen LogP contribution is 2.39. The summed E-state index contributed by atoms with van der Waals surface area (Å²) in [7, 11) is 0. The molecule has 0 atom stereocenters. The summed E-state index contributed by atoms with van der Waals surface area (Å²) in [4.78, 5) is 48.0. The van der Waals surface area contributed by atoms with E-state index in [4.69, 9.17) is 4.74 Å². The maximum atomic E-state index is 12.6. The van der Waals surface area contributed by atoms with Crippen LogP contribution in [0.1, 0.15) is 44.5 Å². The van der Waals surface area contributed by atoms with E-state index in [0.717, 1.165) is 29.3 Å². The Balaban J connectivity index is 1.87. The zero-order chi connectivity index (χ0) is 20.3. The van der Waals surface area contributed by atoms with E-state index in [1.165, 1.54) is 29.5 Å². The molecule has 0 unspecified atom stereocenters. The van der Waals surface area contributed by atoms with Crippen molar-refractivity contribution in [3.8, 4) is 0 Å². The van der Waals surface area contributed by atoms with Crippen molar-refractivity contribution in [1.82, 2.24) is 5.32 Å². The number of rotatable bonds is 5. The van der Waals surface area contributed by atoms with Crippen LogP contribution in [0, 0.1) is 10.1 Å². The van der Waals surface area contributed by atoms with Crippen LogP contribution in [-0.2, 0) is 17.6 Å². The first-order valence-corrected chi connectivity index (χ1v) is 9.40. The van der Waals surface area contributed by atoms with Crippen LogP contribution in [0.25, 0.3) is 0 Å². The molecule has 3 rings (SSSR count). The number of non-ortho nitro benzene ring substituents is 1.